The molecule has 0 amide bonds. The van der Waals surface area contributed by atoms with Crippen molar-refractivity contribution in [1.29, 1.82) is 0 Å². The van der Waals surface area contributed by atoms with Crippen LogP contribution in [0.2, 0.25) is 0 Å². The third kappa shape index (κ3) is 3.56. The van der Waals surface area contributed by atoms with Crippen molar-refractivity contribution < 1.29 is 9.53 Å². The van der Waals surface area contributed by atoms with E-state index in [1.807, 2.05) is 12.5 Å². The van der Waals surface area contributed by atoms with Crippen LogP contribution in [0.3, 0.4) is 0 Å². The van der Waals surface area contributed by atoms with E-state index in [0.717, 1.165) is 18.7 Å². The number of aromatic nitrogens is 2. The first-order chi connectivity index (χ1) is 8.01. The smallest absolute Gasteiger partial charge is 0.325 e. The zero-order valence-electron chi connectivity index (χ0n) is 11.0. The second-order valence-corrected chi connectivity index (χ2v) is 4.55. The minimum atomic E-state index is -0.684. The fourth-order valence-corrected chi connectivity index (χ4v) is 1.58. The molecule has 1 aromatic rings. The van der Waals surface area contributed by atoms with Gasteiger partial charge in [-0.3, -0.25) is 10.1 Å². The van der Waals surface area contributed by atoms with E-state index in [2.05, 4.69) is 21.8 Å². The normalized spacial score (nSPS) is 11.5. The highest BCUT2D eigenvalue weighted by atomic mass is 16.5. The average molecular weight is 239 g/mol. The number of hydrogen-bond acceptors (Lipinski definition) is 4. The lowest BCUT2D eigenvalue weighted by molar-refractivity contribution is -0.147. The Kier molecular flexibility index (Phi) is 4.69. The summed E-state index contributed by atoms with van der Waals surface area (Å²) in [5.41, 5.74) is 0.389. The van der Waals surface area contributed by atoms with Gasteiger partial charge in [0.05, 0.1) is 19.1 Å². The standard InChI is InChI=1S/C12H21N3O2/c1-5-6-15-9-13-7-10(15)8-14-12(2,3)11(16)17-4/h7,9,14H,5-6,8H2,1-4H3. The summed E-state index contributed by atoms with van der Waals surface area (Å²) in [5.74, 6) is -0.265. The summed E-state index contributed by atoms with van der Waals surface area (Å²) in [6.45, 7) is 7.27. The van der Waals surface area contributed by atoms with Crippen LogP contribution >= 0.6 is 0 Å². The van der Waals surface area contributed by atoms with Gasteiger partial charge in [0.15, 0.2) is 0 Å². The predicted molar refractivity (Wildman–Crippen MR) is 65.5 cm³/mol. The lowest BCUT2D eigenvalue weighted by Crippen LogP contribution is -2.47. The van der Waals surface area contributed by atoms with Crippen LogP contribution in [-0.2, 0) is 22.6 Å². The Morgan fingerprint density at radius 1 is 1.59 bits per heavy atom. The summed E-state index contributed by atoms with van der Waals surface area (Å²) in [7, 11) is 1.40. The molecule has 0 aromatic carbocycles. The second-order valence-electron chi connectivity index (χ2n) is 4.55. The number of esters is 1. The fraction of sp³-hybridized carbons (Fsp3) is 0.667. The maximum atomic E-state index is 11.5. The van der Waals surface area contributed by atoms with Gasteiger partial charge >= 0.3 is 5.97 Å². The third-order valence-electron chi connectivity index (χ3n) is 2.67. The highest BCUT2D eigenvalue weighted by molar-refractivity contribution is 5.79. The summed E-state index contributed by atoms with van der Waals surface area (Å²) >= 11 is 0. The van der Waals surface area contributed by atoms with E-state index in [0.29, 0.717) is 6.54 Å². The maximum absolute atomic E-state index is 11.5. The van der Waals surface area contributed by atoms with Crippen molar-refractivity contribution in [1.82, 2.24) is 14.9 Å². The molecule has 0 saturated carbocycles. The molecule has 0 bridgehead atoms. The number of nitrogens with one attached hydrogen (secondary N) is 1. The number of carbonyl (C=O) groups excluding carboxylic acids is 1. The SMILES string of the molecule is CCCn1cncc1CNC(C)(C)C(=O)OC. The summed E-state index contributed by atoms with van der Waals surface area (Å²) in [4.78, 5) is 15.6. The first-order valence-corrected chi connectivity index (χ1v) is 5.83. The van der Waals surface area contributed by atoms with Crippen molar-refractivity contribution in [2.24, 2.45) is 0 Å². The Balaban J connectivity index is 2.60. The number of methoxy groups -OCH3 is 1. The third-order valence-corrected chi connectivity index (χ3v) is 2.67. The highest BCUT2D eigenvalue weighted by Gasteiger charge is 2.27. The Hall–Kier alpha value is -1.36. The molecule has 5 heteroatoms. The Morgan fingerprint density at radius 2 is 2.29 bits per heavy atom. The largest absolute Gasteiger partial charge is 0.468 e. The number of hydrogen-bond donors (Lipinski definition) is 1. The van der Waals surface area contributed by atoms with Gasteiger partial charge in [0, 0.05) is 19.3 Å². The molecule has 1 rings (SSSR count). The molecule has 5 nitrogen and oxygen atoms in total. The fourth-order valence-electron chi connectivity index (χ4n) is 1.58. The van der Waals surface area contributed by atoms with Gasteiger partial charge in [-0.2, -0.15) is 0 Å². The minimum absolute atomic E-state index is 0.265. The molecule has 0 saturated heterocycles. The Bertz CT molecular complexity index is 372. The Morgan fingerprint density at radius 3 is 2.88 bits per heavy atom. The van der Waals surface area contributed by atoms with Crippen molar-refractivity contribution in [2.45, 2.75) is 45.8 Å². The van der Waals surface area contributed by atoms with Gasteiger partial charge in [-0.1, -0.05) is 6.92 Å². The van der Waals surface area contributed by atoms with Crippen molar-refractivity contribution in [3.63, 3.8) is 0 Å². The van der Waals surface area contributed by atoms with Crippen molar-refractivity contribution >= 4 is 5.97 Å². The zero-order chi connectivity index (χ0) is 12.9. The van der Waals surface area contributed by atoms with Crippen LogP contribution in [0.5, 0.6) is 0 Å². The lowest BCUT2D eigenvalue weighted by atomic mass is 10.1. The molecule has 1 N–H and O–H groups in total. The number of nitrogens with zero attached hydrogens (tertiary/aromatic N) is 2. The molecule has 0 aliphatic rings. The molecule has 0 aliphatic heterocycles. The molecule has 0 fully saturated rings. The molecule has 0 atom stereocenters. The van der Waals surface area contributed by atoms with Crippen LogP contribution in [0.15, 0.2) is 12.5 Å². The quantitative estimate of drug-likeness (QED) is 0.761. The number of rotatable bonds is 6. The molecule has 1 heterocycles. The van der Waals surface area contributed by atoms with E-state index in [1.54, 1.807) is 13.8 Å². The predicted octanol–water partition coefficient (Wildman–Crippen LogP) is 1.33. The summed E-state index contributed by atoms with van der Waals surface area (Å²) in [6, 6.07) is 0. The van der Waals surface area contributed by atoms with Gasteiger partial charge in [0.2, 0.25) is 0 Å². The molecule has 0 aliphatic carbocycles. The molecule has 0 radical (unpaired) electrons. The van der Waals surface area contributed by atoms with Gasteiger partial charge in [-0.05, 0) is 20.3 Å². The van der Waals surface area contributed by atoms with Gasteiger partial charge < -0.3 is 9.30 Å². The first kappa shape index (κ1) is 13.7. The molecular formula is C12H21N3O2. The van der Waals surface area contributed by atoms with Crippen LogP contribution < -0.4 is 5.32 Å². The topological polar surface area (TPSA) is 56.2 Å². The monoisotopic (exact) mass is 239 g/mol. The van der Waals surface area contributed by atoms with Crippen molar-refractivity contribution in [3.05, 3.63) is 18.2 Å². The van der Waals surface area contributed by atoms with Gasteiger partial charge in [0.25, 0.3) is 0 Å². The molecule has 1 aromatic heterocycles. The average Bonchev–Trinajstić information content (AvgIpc) is 2.73. The zero-order valence-corrected chi connectivity index (χ0v) is 11.0. The van der Waals surface area contributed by atoms with E-state index < -0.39 is 5.54 Å². The number of carbonyl (C=O) groups is 1. The minimum Gasteiger partial charge on any atom is -0.468 e. The van der Waals surface area contributed by atoms with Crippen LogP contribution in [-0.4, -0.2) is 28.2 Å². The second kappa shape index (κ2) is 5.82. The summed E-state index contributed by atoms with van der Waals surface area (Å²) in [6.07, 6.45) is 4.69. The van der Waals surface area contributed by atoms with E-state index in [4.69, 9.17) is 4.74 Å². The highest BCUT2D eigenvalue weighted by Crippen LogP contribution is 2.07. The van der Waals surface area contributed by atoms with Crippen LogP contribution in [0.1, 0.15) is 32.9 Å². The van der Waals surface area contributed by atoms with E-state index in [1.165, 1.54) is 7.11 Å². The number of aryl methyl sites for hydroxylation is 1. The Labute approximate surface area is 102 Å². The maximum Gasteiger partial charge on any atom is 0.325 e. The molecular weight excluding hydrogens is 218 g/mol. The summed E-state index contributed by atoms with van der Waals surface area (Å²) in [5, 5.41) is 3.18. The van der Waals surface area contributed by atoms with Gasteiger partial charge in [-0.15, -0.1) is 0 Å². The lowest BCUT2D eigenvalue weighted by Gasteiger charge is -2.23. The van der Waals surface area contributed by atoms with Crippen LogP contribution in [0.4, 0.5) is 0 Å². The van der Waals surface area contributed by atoms with Crippen molar-refractivity contribution in [3.8, 4) is 0 Å². The molecule has 0 spiro atoms. The number of imidazole rings is 1. The van der Waals surface area contributed by atoms with Crippen LogP contribution in [0.25, 0.3) is 0 Å². The van der Waals surface area contributed by atoms with Crippen molar-refractivity contribution in [2.75, 3.05) is 7.11 Å². The molecule has 0 unspecified atom stereocenters. The molecule has 17 heavy (non-hydrogen) atoms. The number of ether oxygens (including phenoxy) is 1. The van der Waals surface area contributed by atoms with Crippen LogP contribution in [0, 0.1) is 0 Å². The van der Waals surface area contributed by atoms with E-state index in [9.17, 15) is 4.79 Å². The van der Waals surface area contributed by atoms with Gasteiger partial charge in [-0.25, -0.2) is 4.98 Å². The van der Waals surface area contributed by atoms with E-state index in [-0.39, 0.29) is 5.97 Å². The van der Waals surface area contributed by atoms with E-state index >= 15 is 0 Å². The van der Waals surface area contributed by atoms with Gasteiger partial charge in [0.1, 0.15) is 5.54 Å². The first-order valence-electron chi connectivity index (χ1n) is 5.83. The molecule has 96 valence electrons. The summed E-state index contributed by atoms with van der Waals surface area (Å²) < 4.78 is 6.82.